The van der Waals surface area contributed by atoms with Gasteiger partial charge in [0, 0.05) is 32.7 Å². The summed E-state index contributed by atoms with van der Waals surface area (Å²) in [7, 11) is 1.78. The summed E-state index contributed by atoms with van der Waals surface area (Å²) in [6, 6.07) is 6.79. The third-order valence-electron chi connectivity index (χ3n) is 4.53. The molecule has 2 rings (SSSR count). The van der Waals surface area contributed by atoms with Crippen LogP contribution in [0.5, 0.6) is 0 Å². The number of benzene rings is 1. The van der Waals surface area contributed by atoms with Crippen molar-refractivity contribution in [3.63, 3.8) is 0 Å². The molecule has 6 nitrogen and oxygen atoms in total. The Morgan fingerprint density at radius 1 is 1.32 bits per heavy atom. The predicted molar refractivity (Wildman–Crippen MR) is 101 cm³/mol. The lowest BCUT2D eigenvalue weighted by atomic mass is 10.1. The van der Waals surface area contributed by atoms with Crippen LogP contribution in [0.2, 0.25) is 0 Å². The fourth-order valence-electron chi connectivity index (χ4n) is 3.03. The minimum absolute atomic E-state index is 0.210. The first-order chi connectivity index (χ1) is 12.0. The van der Waals surface area contributed by atoms with Crippen LogP contribution in [-0.4, -0.2) is 49.7 Å². The Morgan fingerprint density at radius 3 is 2.64 bits per heavy atom. The molecule has 1 amide bonds. The van der Waals surface area contributed by atoms with Gasteiger partial charge in [0.2, 0.25) is 0 Å². The van der Waals surface area contributed by atoms with E-state index in [1.807, 2.05) is 6.92 Å². The number of likely N-dealkylation sites (tertiary alicyclic amines) is 1. The first-order valence-electron chi connectivity index (χ1n) is 8.98. The monoisotopic (exact) mass is 346 g/mol. The molecule has 1 heterocycles. The fraction of sp³-hybridized carbons (Fsp3) is 0.579. The molecule has 1 aromatic carbocycles. The van der Waals surface area contributed by atoms with E-state index in [0.717, 1.165) is 25.3 Å². The number of rotatable bonds is 4. The van der Waals surface area contributed by atoms with Crippen LogP contribution in [0.1, 0.15) is 36.5 Å². The van der Waals surface area contributed by atoms with Crippen LogP contribution < -0.4 is 10.6 Å². The van der Waals surface area contributed by atoms with Gasteiger partial charge >= 0.3 is 6.09 Å². The second-order valence-electron chi connectivity index (χ2n) is 6.46. The number of ether oxygens (including phenoxy) is 1. The van der Waals surface area contributed by atoms with Gasteiger partial charge in [-0.15, -0.1) is 0 Å². The summed E-state index contributed by atoms with van der Waals surface area (Å²) >= 11 is 0. The molecular formula is C19H30N4O2. The fourth-order valence-corrected chi connectivity index (χ4v) is 3.03. The lowest BCUT2D eigenvalue weighted by Crippen LogP contribution is -2.49. The molecule has 6 heteroatoms. The average molecular weight is 346 g/mol. The second kappa shape index (κ2) is 9.30. The largest absolute Gasteiger partial charge is 0.450 e. The zero-order valence-corrected chi connectivity index (χ0v) is 15.8. The first-order valence-corrected chi connectivity index (χ1v) is 8.98. The molecule has 0 spiro atoms. The molecule has 0 bridgehead atoms. The van der Waals surface area contributed by atoms with E-state index in [-0.39, 0.29) is 6.09 Å². The first kappa shape index (κ1) is 19.1. The highest BCUT2D eigenvalue weighted by Gasteiger charge is 2.24. The van der Waals surface area contributed by atoms with Gasteiger partial charge in [-0.1, -0.05) is 23.8 Å². The zero-order chi connectivity index (χ0) is 18.2. The molecule has 25 heavy (non-hydrogen) atoms. The van der Waals surface area contributed by atoms with Crippen molar-refractivity contribution in [2.24, 2.45) is 4.99 Å². The van der Waals surface area contributed by atoms with Gasteiger partial charge in [-0.2, -0.15) is 0 Å². The molecule has 1 aliphatic heterocycles. The van der Waals surface area contributed by atoms with E-state index in [1.165, 1.54) is 16.7 Å². The molecule has 1 aromatic rings. The molecule has 0 aromatic heterocycles. The van der Waals surface area contributed by atoms with Gasteiger partial charge in [-0.25, -0.2) is 4.79 Å². The molecule has 0 aliphatic carbocycles. The minimum Gasteiger partial charge on any atom is -0.450 e. The van der Waals surface area contributed by atoms with Gasteiger partial charge in [0.25, 0.3) is 0 Å². The van der Waals surface area contributed by atoms with Crippen molar-refractivity contribution < 1.29 is 9.53 Å². The van der Waals surface area contributed by atoms with Gasteiger partial charge in [0.05, 0.1) is 6.61 Å². The van der Waals surface area contributed by atoms with Gasteiger partial charge in [-0.3, -0.25) is 4.99 Å². The van der Waals surface area contributed by atoms with E-state index in [4.69, 9.17) is 4.74 Å². The average Bonchev–Trinajstić information content (AvgIpc) is 2.60. The number of amides is 1. The van der Waals surface area contributed by atoms with Crippen LogP contribution in [-0.2, 0) is 11.3 Å². The predicted octanol–water partition coefficient (Wildman–Crippen LogP) is 2.59. The van der Waals surface area contributed by atoms with Crippen molar-refractivity contribution in [2.75, 3.05) is 26.7 Å². The smallest absolute Gasteiger partial charge is 0.409 e. The third-order valence-corrected chi connectivity index (χ3v) is 4.53. The summed E-state index contributed by atoms with van der Waals surface area (Å²) in [5.74, 6) is 0.801. The van der Waals surface area contributed by atoms with E-state index in [1.54, 1.807) is 11.9 Å². The van der Waals surface area contributed by atoms with Crippen molar-refractivity contribution in [1.29, 1.82) is 0 Å². The number of nitrogens with zero attached hydrogens (tertiary/aromatic N) is 2. The number of piperidine rings is 1. The maximum Gasteiger partial charge on any atom is 0.409 e. The number of hydrogen-bond donors (Lipinski definition) is 2. The quantitative estimate of drug-likeness (QED) is 0.650. The second-order valence-corrected chi connectivity index (χ2v) is 6.46. The molecule has 2 N–H and O–H groups in total. The summed E-state index contributed by atoms with van der Waals surface area (Å²) in [5.41, 5.74) is 3.83. The standard InChI is InChI=1S/C19H30N4O2/c1-5-25-19(24)23-10-8-17(9-11-23)22-18(20-4)21-13-16-7-6-14(2)12-15(16)3/h6-7,12,17H,5,8-11,13H2,1-4H3,(H2,20,21,22). The summed E-state index contributed by atoms with van der Waals surface area (Å²) in [5, 5.41) is 6.84. The summed E-state index contributed by atoms with van der Waals surface area (Å²) in [6.45, 7) is 8.66. The van der Waals surface area contributed by atoms with Crippen molar-refractivity contribution in [3.8, 4) is 0 Å². The van der Waals surface area contributed by atoms with Crippen LogP contribution in [0.15, 0.2) is 23.2 Å². The normalized spacial score (nSPS) is 15.8. The highest BCUT2D eigenvalue weighted by atomic mass is 16.6. The van der Waals surface area contributed by atoms with E-state index in [2.05, 4.69) is 47.7 Å². The van der Waals surface area contributed by atoms with Crippen molar-refractivity contribution in [3.05, 3.63) is 34.9 Å². The molecule has 1 fully saturated rings. The number of carbonyl (C=O) groups is 1. The van der Waals surface area contributed by atoms with Crippen LogP contribution in [0.3, 0.4) is 0 Å². The maximum atomic E-state index is 11.7. The lowest BCUT2D eigenvalue weighted by Gasteiger charge is -2.32. The van der Waals surface area contributed by atoms with Gasteiger partial charge in [0.15, 0.2) is 5.96 Å². The number of aliphatic imine (C=N–C) groups is 1. The van der Waals surface area contributed by atoms with Crippen LogP contribution in [0.4, 0.5) is 4.79 Å². The van der Waals surface area contributed by atoms with Crippen molar-refractivity contribution in [2.45, 2.75) is 46.2 Å². The Balaban J connectivity index is 1.80. The SMILES string of the molecule is CCOC(=O)N1CCC(NC(=NC)NCc2ccc(C)cc2C)CC1. The number of carbonyl (C=O) groups excluding carboxylic acids is 1. The van der Waals surface area contributed by atoms with Crippen molar-refractivity contribution in [1.82, 2.24) is 15.5 Å². The Hall–Kier alpha value is -2.24. The number of nitrogens with one attached hydrogen (secondary N) is 2. The zero-order valence-electron chi connectivity index (χ0n) is 15.8. The highest BCUT2D eigenvalue weighted by Crippen LogP contribution is 2.12. The van der Waals surface area contributed by atoms with E-state index in [0.29, 0.717) is 25.7 Å². The molecule has 1 saturated heterocycles. The molecule has 138 valence electrons. The van der Waals surface area contributed by atoms with E-state index < -0.39 is 0 Å². The van der Waals surface area contributed by atoms with E-state index >= 15 is 0 Å². The third kappa shape index (κ3) is 5.66. The Labute approximate surface area is 150 Å². The van der Waals surface area contributed by atoms with Crippen LogP contribution in [0.25, 0.3) is 0 Å². The maximum absolute atomic E-state index is 11.7. The minimum atomic E-state index is -0.210. The molecule has 0 saturated carbocycles. The van der Waals surface area contributed by atoms with Crippen molar-refractivity contribution >= 4 is 12.1 Å². The molecule has 1 aliphatic rings. The lowest BCUT2D eigenvalue weighted by molar-refractivity contribution is 0.0963. The molecule has 0 atom stereocenters. The van der Waals surface area contributed by atoms with Gasteiger partial charge in [0.1, 0.15) is 0 Å². The van der Waals surface area contributed by atoms with Gasteiger partial charge in [-0.05, 0) is 44.7 Å². The van der Waals surface area contributed by atoms with Crippen LogP contribution in [0, 0.1) is 13.8 Å². The topological polar surface area (TPSA) is 66.0 Å². The molecule has 0 unspecified atom stereocenters. The summed E-state index contributed by atoms with van der Waals surface area (Å²) < 4.78 is 5.06. The Kier molecular flexibility index (Phi) is 7.10. The van der Waals surface area contributed by atoms with Gasteiger partial charge < -0.3 is 20.3 Å². The molecule has 0 radical (unpaired) electrons. The number of hydrogen-bond acceptors (Lipinski definition) is 3. The summed E-state index contributed by atoms with van der Waals surface area (Å²) in [4.78, 5) is 17.8. The Morgan fingerprint density at radius 2 is 2.04 bits per heavy atom. The number of guanidine groups is 1. The Bertz CT molecular complexity index is 607. The highest BCUT2D eigenvalue weighted by molar-refractivity contribution is 5.80. The van der Waals surface area contributed by atoms with E-state index in [9.17, 15) is 4.79 Å². The number of aryl methyl sites for hydroxylation is 2. The summed E-state index contributed by atoms with van der Waals surface area (Å²) in [6.07, 6.45) is 1.57. The molecular weight excluding hydrogens is 316 g/mol. The van der Waals surface area contributed by atoms with Crippen LogP contribution >= 0.6 is 0 Å².